The summed E-state index contributed by atoms with van der Waals surface area (Å²) in [5, 5.41) is 4.93. The third-order valence-corrected chi connectivity index (χ3v) is 7.04. The van der Waals surface area contributed by atoms with Gasteiger partial charge >= 0.3 is 0 Å². The molecule has 34 heavy (non-hydrogen) atoms. The van der Waals surface area contributed by atoms with Crippen molar-refractivity contribution in [3.63, 3.8) is 0 Å². The molecule has 0 saturated carbocycles. The maximum absolute atomic E-state index is 13.9. The van der Waals surface area contributed by atoms with Gasteiger partial charge in [0.2, 0.25) is 5.91 Å². The minimum Gasteiger partial charge on any atom is -0.355 e. The summed E-state index contributed by atoms with van der Waals surface area (Å²) in [5.74, 6) is -1.82. The Hall–Kier alpha value is -3.72. The summed E-state index contributed by atoms with van der Waals surface area (Å²) in [6.07, 6.45) is -0.161. The lowest BCUT2D eigenvalue weighted by molar-refractivity contribution is -0.116. The fourth-order valence-electron chi connectivity index (χ4n) is 3.27. The predicted octanol–water partition coefficient (Wildman–Crippen LogP) is 4.03. The largest absolute Gasteiger partial charge is 0.355 e. The molecule has 0 aliphatic heterocycles. The number of halogens is 1. The Morgan fingerprint density at radius 1 is 0.912 bits per heavy atom. The molecule has 0 atom stereocenters. The second-order valence-corrected chi connectivity index (χ2v) is 9.66. The number of anilines is 2. The molecule has 178 valence electrons. The maximum Gasteiger partial charge on any atom is 0.264 e. The Bertz CT molecular complexity index is 1290. The van der Waals surface area contributed by atoms with Gasteiger partial charge in [0, 0.05) is 25.7 Å². The number of nitrogens with one attached hydrogen (secondary N) is 2. The number of rotatable bonds is 8. The molecule has 0 spiro atoms. The Balaban J connectivity index is 1.82. The fraction of sp³-hybridized carbons (Fsp3) is 0.200. The normalized spacial score (nSPS) is 11.1. The van der Waals surface area contributed by atoms with Crippen molar-refractivity contribution < 1.29 is 22.4 Å². The van der Waals surface area contributed by atoms with E-state index in [0.29, 0.717) is 5.69 Å². The van der Waals surface area contributed by atoms with E-state index in [0.717, 1.165) is 17.2 Å². The third kappa shape index (κ3) is 5.79. The van der Waals surface area contributed by atoms with Crippen molar-refractivity contribution in [1.29, 1.82) is 0 Å². The number of nitrogens with zero attached hydrogens (tertiary/aromatic N) is 1. The average Bonchev–Trinajstić information content (AvgIpc) is 2.81. The Morgan fingerprint density at radius 2 is 1.50 bits per heavy atom. The molecule has 2 N–H and O–H groups in total. The molecular weight excluding hydrogens is 457 g/mol. The van der Waals surface area contributed by atoms with Crippen LogP contribution in [0.5, 0.6) is 0 Å². The smallest absolute Gasteiger partial charge is 0.264 e. The molecule has 0 bridgehead atoms. The first-order chi connectivity index (χ1) is 16.1. The Morgan fingerprint density at radius 3 is 2.09 bits per heavy atom. The summed E-state index contributed by atoms with van der Waals surface area (Å²) in [6, 6.07) is 17.1. The molecule has 0 unspecified atom stereocenters. The van der Waals surface area contributed by atoms with Crippen LogP contribution in [0.25, 0.3) is 0 Å². The number of carbonyl (C=O) groups is 2. The summed E-state index contributed by atoms with van der Waals surface area (Å²) in [4.78, 5) is 24.5. The lowest BCUT2D eigenvalue weighted by Gasteiger charge is -2.24. The van der Waals surface area contributed by atoms with Gasteiger partial charge in [-0.1, -0.05) is 35.4 Å². The van der Waals surface area contributed by atoms with Gasteiger partial charge in [-0.05, 0) is 56.3 Å². The number of sulfonamides is 1. The summed E-state index contributed by atoms with van der Waals surface area (Å²) in [6.45, 7) is 3.64. The van der Waals surface area contributed by atoms with E-state index in [-0.39, 0.29) is 29.1 Å². The standard InChI is InChI=1S/C25H26FN3O4S/c1-17-4-9-20(10-5-17)29(34(32,33)21-11-6-18(2)7-12-21)15-14-24(30)28-19-8-13-23(26)22(16-19)25(31)27-3/h4-13,16H,14-15H2,1-3H3,(H,27,31)(H,28,30). The van der Waals surface area contributed by atoms with Gasteiger partial charge in [-0.3, -0.25) is 13.9 Å². The highest BCUT2D eigenvalue weighted by Crippen LogP contribution is 2.25. The maximum atomic E-state index is 13.9. The highest BCUT2D eigenvalue weighted by molar-refractivity contribution is 7.92. The van der Waals surface area contributed by atoms with Gasteiger partial charge in [0.25, 0.3) is 15.9 Å². The quantitative estimate of drug-likeness (QED) is 0.506. The van der Waals surface area contributed by atoms with Gasteiger partial charge in [-0.15, -0.1) is 0 Å². The number of amides is 2. The SMILES string of the molecule is CNC(=O)c1cc(NC(=O)CCN(c2ccc(C)cc2)S(=O)(=O)c2ccc(C)cc2)ccc1F. The topological polar surface area (TPSA) is 95.6 Å². The van der Waals surface area contributed by atoms with Crippen LogP contribution in [0.1, 0.15) is 27.9 Å². The van der Waals surface area contributed by atoms with Crippen LogP contribution in [-0.4, -0.2) is 33.8 Å². The predicted molar refractivity (Wildman–Crippen MR) is 130 cm³/mol. The number of carbonyl (C=O) groups excluding carboxylic acids is 2. The van der Waals surface area contributed by atoms with Crippen LogP contribution < -0.4 is 14.9 Å². The fourth-order valence-corrected chi connectivity index (χ4v) is 4.74. The van der Waals surface area contributed by atoms with Crippen molar-refractivity contribution in [2.24, 2.45) is 0 Å². The van der Waals surface area contributed by atoms with Crippen LogP contribution >= 0.6 is 0 Å². The van der Waals surface area contributed by atoms with E-state index >= 15 is 0 Å². The van der Waals surface area contributed by atoms with Crippen molar-refractivity contribution in [3.8, 4) is 0 Å². The first-order valence-electron chi connectivity index (χ1n) is 10.6. The molecule has 0 heterocycles. The van der Waals surface area contributed by atoms with E-state index < -0.39 is 27.7 Å². The van der Waals surface area contributed by atoms with E-state index in [1.54, 1.807) is 36.4 Å². The summed E-state index contributed by atoms with van der Waals surface area (Å²) >= 11 is 0. The van der Waals surface area contributed by atoms with Crippen molar-refractivity contribution in [2.45, 2.75) is 25.2 Å². The number of hydrogen-bond donors (Lipinski definition) is 2. The van der Waals surface area contributed by atoms with Crippen molar-refractivity contribution in [1.82, 2.24) is 5.32 Å². The summed E-state index contributed by atoms with van der Waals surface area (Å²) < 4.78 is 41.9. The monoisotopic (exact) mass is 483 g/mol. The lowest BCUT2D eigenvalue weighted by atomic mass is 10.1. The van der Waals surface area contributed by atoms with Crippen LogP contribution in [-0.2, 0) is 14.8 Å². The van der Waals surface area contributed by atoms with Gasteiger partial charge in [-0.2, -0.15) is 0 Å². The van der Waals surface area contributed by atoms with Gasteiger partial charge in [-0.25, -0.2) is 12.8 Å². The van der Waals surface area contributed by atoms with Crippen LogP contribution in [0.4, 0.5) is 15.8 Å². The van der Waals surface area contributed by atoms with Crippen LogP contribution in [0, 0.1) is 19.7 Å². The second kappa shape index (κ2) is 10.5. The highest BCUT2D eigenvalue weighted by Gasteiger charge is 2.25. The molecule has 0 saturated heterocycles. The highest BCUT2D eigenvalue weighted by atomic mass is 32.2. The van der Waals surface area contributed by atoms with E-state index in [1.807, 2.05) is 13.8 Å². The van der Waals surface area contributed by atoms with E-state index in [2.05, 4.69) is 10.6 Å². The second-order valence-electron chi connectivity index (χ2n) is 7.80. The van der Waals surface area contributed by atoms with Gasteiger partial charge in [0.15, 0.2) is 0 Å². The zero-order valence-electron chi connectivity index (χ0n) is 19.1. The van der Waals surface area contributed by atoms with Crippen molar-refractivity contribution in [2.75, 3.05) is 23.2 Å². The molecule has 3 aromatic carbocycles. The molecular formula is C25H26FN3O4S. The molecule has 9 heteroatoms. The van der Waals surface area contributed by atoms with Crippen molar-refractivity contribution >= 4 is 33.2 Å². The lowest BCUT2D eigenvalue weighted by Crippen LogP contribution is -2.34. The minimum atomic E-state index is -3.93. The molecule has 0 fully saturated rings. The number of hydrogen-bond acceptors (Lipinski definition) is 4. The number of benzene rings is 3. The van der Waals surface area contributed by atoms with E-state index in [4.69, 9.17) is 0 Å². The average molecular weight is 484 g/mol. The molecule has 3 aromatic rings. The summed E-state index contributed by atoms with van der Waals surface area (Å²) in [5.41, 5.74) is 2.35. The van der Waals surface area contributed by atoms with Gasteiger partial charge < -0.3 is 10.6 Å². The van der Waals surface area contributed by atoms with Crippen LogP contribution in [0.15, 0.2) is 71.6 Å². The molecule has 3 rings (SSSR count). The molecule has 0 radical (unpaired) electrons. The van der Waals surface area contributed by atoms with Crippen LogP contribution in [0.2, 0.25) is 0 Å². The van der Waals surface area contributed by atoms with Gasteiger partial charge in [0.05, 0.1) is 16.1 Å². The Labute approximate surface area is 198 Å². The zero-order valence-corrected chi connectivity index (χ0v) is 19.9. The van der Waals surface area contributed by atoms with Crippen LogP contribution in [0.3, 0.4) is 0 Å². The van der Waals surface area contributed by atoms with E-state index in [1.165, 1.54) is 35.6 Å². The molecule has 0 aliphatic rings. The molecule has 0 aromatic heterocycles. The molecule has 7 nitrogen and oxygen atoms in total. The third-order valence-electron chi connectivity index (χ3n) is 5.19. The Kier molecular flexibility index (Phi) is 7.68. The number of aryl methyl sites for hydroxylation is 2. The first-order valence-corrected chi connectivity index (χ1v) is 12.0. The van der Waals surface area contributed by atoms with Crippen molar-refractivity contribution in [3.05, 3.63) is 89.2 Å². The van der Waals surface area contributed by atoms with Gasteiger partial charge in [0.1, 0.15) is 5.82 Å². The summed E-state index contributed by atoms with van der Waals surface area (Å²) in [7, 11) is -2.55. The molecule has 2 amide bonds. The minimum absolute atomic E-state index is 0.116. The van der Waals surface area contributed by atoms with E-state index in [9.17, 15) is 22.4 Å². The first kappa shape index (κ1) is 24.9. The molecule has 0 aliphatic carbocycles. The zero-order chi connectivity index (χ0) is 24.9.